The Bertz CT molecular complexity index is 391. The maximum absolute atomic E-state index is 11.3. The minimum atomic E-state index is -0.627. The molecule has 1 aromatic carbocycles. The monoisotopic (exact) mass is 245 g/mol. The highest BCUT2D eigenvalue weighted by Crippen LogP contribution is 2.40. The van der Waals surface area contributed by atoms with Gasteiger partial charge in [-0.3, -0.25) is 4.90 Å². The summed E-state index contributed by atoms with van der Waals surface area (Å²) in [4.78, 5) is 2.53. The molecular formula is C16H23NO. The fourth-order valence-electron chi connectivity index (χ4n) is 3.74. The van der Waals surface area contributed by atoms with Gasteiger partial charge in [-0.15, -0.1) is 0 Å². The normalized spacial score (nSPS) is 33.7. The Morgan fingerprint density at radius 2 is 1.72 bits per heavy atom. The van der Waals surface area contributed by atoms with Gasteiger partial charge in [-0.05, 0) is 50.8 Å². The predicted octanol–water partition coefficient (Wildman–Crippen LogP) is 2.91. The minimum absolute atomic E-state index is 0.330. The van der Waals surface area contributed by atoms with E-state index in [9.17, 15) is 5.11 Å². The molecule has 1 N–H and O–H groups in total. The van der Waals surface area contributed by atoms with E-state index in [1.54, 1.807) is 0 Å². The van der Waals surface area contributed by atoms with Crippen molar-refractivity contribution in [1.82, 2.24) is 4.90 Å². The summed E-state index contributed by atoms with van der Waals surface area (Å²) in [5.41, 5.74) is 0.488. The van der Waals surface area contributed by atoms with Crippen molar-refractivity contribution in [2.75, 3.05) is 13.1 Å². The lowest BCUT2D eigenvalue weighted by atomic mass is 9.79. The van der Waals surface area contributed by atoms with Gasteiger partial charge in [0.05, 0.1) is 0 Å². The highest BCUT2D eigenvalue weighted by Gasteiger charge is 2.43. The summed E-state index contributed by atoms with van der Waals surface area (Å²) >= 11 is 0. The van der Waals surface area contributed by atoms with E-state index in [2.05, 4.69) is 17.0 Å². The lowest BCUT2D eigenvalue weighted by Crippen LogP contribution is -2.51. The zero-order valence-electron chi connectivity index (χ0n) is 11.0. The summed E-state index contributed by atoms with van der Waals surface area (Å²) < 4.78 is 0. The van der Waals surface area contributed by atoms with Crippen LogP contribution in [0.1, 0.15) is 44.1 Å². The third kappa shape index (κ3) is 2.08. The highest BCUT2D eigenvalue weighted by atomic mass is 16.3. The molecule has 0 saturated carbocycles. The smallest absolute Gasteiger partial charge is 0.105 e. The first-order valence-electron chi connectivity index (χ1n) is 7.33. The van der Waals surface area contributed by atoms with Crippen molar-refractivity contribution in [3.63, 3.8) is 0 Å². The molecule has 98 valence electrons. The number of hydrogen-bond acceptors (Lipinski definition) is 2. The Morgan fingerprint density at radius 3 is 2.50 bits per heavy atom. The van der Waals surface area contributed by atoms with E-state index < -0.39 is 5.60 Å². The summed E-state index contributed by atoms with van der Waals surface area (Å²) in [5.74, 6) is 0. The van der Waals surface area contributed by atoms with Crippen LogP contribution in [-0.4, -0.2) is 29.1 Å². The number of benzene rings is 1. The Balaban J connectivity index is 1.96. The first-order chi connectivity index (χ1) is 8.81. The molecule has 0 aromatic heterocycles. The third-order valence-electron chi connectivity index (χ3n) is 4.69. The van der Waals surface area contributed by atoms with Gasteiger partial charge in [-0.2, -0.15) is 0 Å². The fourth-order valence-corrected chi connectivity index (χ4v) is 3.74. The van der Waals surface area contributed by atoms with Crippen LogP contribution in [0.4, 0.5) is 0 Å². The second kappa shape index (κ2) is 5.02. The Hall–Kier alpha value is -0.860. The van der Waals surface area contributed by atoms with Crippen molar-refractivity contribution >= 4 is 0 Å². The highest BCUT2D eigenvalue weighted by molar-refractivity contribution is 5.25. The molecule has 2 saturated heterocycles. The Labute approximate surface area is 110 Å². The molecule has 2 fully saturated rings. The summed E-state index contributed by atoms with van der Waals surface area (Å²) in [5, 5.41) is 11.3. The maximum Gasteiger partial charge on any atom is 0.105 e. The van der Waals surface area contributed by atoms with Gasteiger partial charge in [0.25, 0.3) is 0 Å². The van der Waals surface area contributed by atoms with Gasteiger partial charge in [0.2, 0.25) is 0 Å². The molecule has 0 aliphatic carbocycles. The van der Waals surface area contributed by atoms with Crippen LogP contribution in [0, 0.1) is 0 Å². The van der Waals surface area contributed by atoms with Crippen LogP contribution in [0.5, 0.6) is 0 Å². The molecule has 18 heavy (non-hydrogen) atoms. The molecule has 2 aliphatic heterocycles. The lowest BCUT2D eigenvalue weighted by Gasteiger charge is -2.44. The standard InChI is InChI=1S/C16H23NO/c18-16(14-8-2-1-3-9-14)11-5-7-13-17-12-6-4-10-15(16)17/h1-3,8-9,15,18H,4-7,10-13H2. The van der Waals surface area contributed by atoms with Crippen molar-refractivity contribution in [3.05, 3.63) is 35.9 Å². The number of hydrogen-bond donors (Lipinski definition) is 1. The average molecular weight is 245 g/mol. The molecule has 3 rings (SSSR count). The van der Waals surface area contributed by atoms with Crippen molar-refractivity contribution < 1.29 is 5.11 Å². The topological polar surface area (TPSA) is 23.5 Å². The van der Waals surface area contributed by atoms with Crippen molar-refractivity contribution in [3.8, 4) is 0 Å². The van der Waals surface area contributed by atoms with E-state index in [1.807, 2.05) is 18.2 Å². The second-order valence-electron chi connectivity index (χ2n) is 5.79. The molecule has 2 aliphatic rings. The van der Waals surface area contributed by atoms with Crippen LogP contribution in [0.2, 0.25) is 0 Å². The number of piperidine rings is 1. The molecule has 0 bridgehead atoms. The minimum Gasteiger partial charge on any atom is -0.384 e. The number of rotatable bonds is 1. The molecule has 2 nitrogen and oxygen atoms in total. The lowest BCUT2D eigenvalue weighted by molar-refractivity contribution is -0.0629. The number of aliphatic hydroxyl groups is 1. The molecule has 0 spiro atoms. The van der Waals surface area contributed by atoms with Gasteiger partial charge >= 0.3 is 0 Å². The molecule has 2 heteroatoms. The number of fused-ring (bicyclic) bond motifs is 1. The average Bonchev–Trinajstić information content (AvgIpc) is 2.61. The van der Waals surface area contributed by atoms with Crippen LogP contribution >= 0.6 is 0 Å². The SMILES string of the molecule is OC1(c2ccccc2)CCCCN2CCCCC21. The van der Waals surface area contributed by atoms with Crippen molar-refractivity contribution in [1.29, 1.82) is 0 Å². The molecule has 2 atom stereocenters. The van der Waals surface area contributed by atoms with Gasteiger partial charge in [0, 0.05) is 6.04 Å². The van der Waals surface area contributed by atoms with Gasteiger partial charge < -0.3 is 5.11 Å². The van der Waals surface area contributed by atoms with E-state index in [1.165, 1.54) is 32.4 Å². The first-order valence-corrected chi connectivity index (χ1v) is 7.33. The molecular weight excluding hydrogens is 222 g/mol. The molecule has 0 radical (unpaired) electrons. The van der Waals surface area contributed by atoms with E-state index in [-0.39, 0.29) is 0 Å². The third-order valence-corrected chi connectivity index (χ3v) is 4.69. The van der Waals surface area contributed by atoms with Gasteiger partial charge in [-0.25, -0.2) is 0 Å². The Kier molecular flexibility index (Phi) is 3.40. The fraction of sp³-hybridized carbons (Fsp3) is 0.625. The summed E-state index contributed by atoms with van der Waals surface area (Å²) in [6, 6.07) is 10.6. The van der Waals surface area contributed by atoms with Gasteiger partial charge in [-0.1, -0.05) is 36.8 Å². The van der Waals surface area contributed by atoms with Crippen LogP contribution < -0.4 is 0 Å². The van der Waals surface area contributed by atoms with Crippen LogP contribution in [0.3, 0.4) is 0 Å². The molecule has 1 aromatic rings. The quantitative estimate of drug-likeness (QED) is 0.822. The van der Waals surface area contributed by atoms with E-state index >= 15 is 0 Å². The van der Waals surface area contributed by atoms with Crippen molar-refractivity contribution in [2.24, 2.45) is 0 Å². The van der Waals surface area contributed by atoms with Crippen molar-refractivity contribution in [2.45, 2.75) is 50.2 Å². The van der Waals surface area contributed by atoms with Crippen LogP contribution in [0.15, 0.2) is 30.3 Å². The number of nitrogens with zero attached hydrogens (tertiary/aromatic N) is 1. The Morgan fingerprint density at radius 1 is 1.00 bits per heavy atom. The first kappa shape index (κ1) is 12.2. The molecule has 2 unspecified atom stereocenters. The van der Waals surface area contributed by atoms with Gasteiger partial charge in [0.1, 0.15) is 5.60 Å². The summed E-state index contributed by atoms with van der Waals surface area (Å²) in [6.07, 6.45) is 6.98. The van der Waals surface area contributed by atoms with E-state index in [0.29, 0.717) is 6.04 Å². The maximum atomic E-state index is 11.3. The summed E-state index contributed by atoms with van der Waals surface area (Å²) in [7, 11) is 0. The molecule has 0 amide bonds. The largest absolute Gasteiger partial charge is 0.384 e. The van der Waals surface area contributed by atoms with Crippen LogP contribution in [-0.2, 0) is 5.60 Å². The molecule has 2 heterocycles. The van der Waals surface area contributed by atoms with Crippen LogP contribution in [0.25, 0.3) is 0 Å². The van der Waals surface area contributed by atoms with E-state index in [0.717, 1.165) is 24.8 Å². The zero-order valence-corrected chi connectivity index (χ0v) is 11.0. The van der Waals surface area contributed by atoms with Gasteiger partial charge in [0.15, 0.2) is 0 Å². The predicted molar refractivity (Wildman–Crippen MR) is 73.4 cm³/mol. The second-order valence-corrected chi connectivity index (χ2v) is 5.79. The zero-order chi connectivity index (χ0) is 12.4. The summed E-state index contributed by atoms with van der Waals surface area (Å²) in [6.45, 7) is 2.33. The van der Waals surface area contributed by atoms with E-state index in [4.69, 9.17) is 0 Å².